The highest BCUT2D eigenvalue weighted by atomic mass is 35.5. The van der Waals surface area contributed by atoms with E-state index >= 15 is 0 Å². The molecule has 0 aromatic heterocycles. The molecule has 1 aliphatic heterocycles. The summed E-state index contributed by atoms with van der Waals surface area (Å²) in [6.45, 7) is 2.32. The number of anilines is 1. The van der Waals surface area contributed by atoms with E-state index in [2.05, 4.69) is 0 Å². The van der Waals surface area contributed by atoms with Gasteiger partial charge in [-0.25, -0.2) is 17.9 Å². The molecule has 1 saturated carbocycles. The molecular formula is C21H23ClFN3O3S. The topological polar surface area (TPSA) is 83.7 Å². The maximum atomic E-state index is 14.3. The number of fused-ring (bicyclic) bond motifs is 1. The van der Waals surface area contributed by atoms with E-state index < -0.39 is 10.0 Å². The zero-order valence-corrected chi connectivity index (χ0v) is 18.1. The lowest BCUT2D eigenvalue weighted by atomic mass is 10.1. The van der Waals surface area contributed by atoms with Gasteiger partial charge in [-0.15, -0.1) is 0 Å². The molecule has 0 spiro atoms. The third-order valence-electron chi connectivity index (χ3n) is 5.69. The van der Waals surface area contributed by atoms with Gasteiger partial charge in [0.2, 0.25) is 15.9 Å². The summed E-state index contributed by atoms with van der Waals surface area (Å²) >= 11 is 6.18. The second kappa shape index (κ2) is 7.92. The van der Waals surface area contributed by atoms with Gasteiger partial charge in [-0.1, -0.05) is 17.7 Å². The van der Waals surface area contributed by atoms with Crippen LogP contribution in [0.2, 0.25) is 5.02 Å². The molecule has 2 N–H and O–H groups in total. The highest BCUT2D eigenvalue weighted by molar-refractivity contribution is 7.89. The normalized spacial score (nSPS) is 18.7. The van der Waals surface area contributed by atoms with Crippen LogP contribution >= 0.6 is 11.6 Å². The number of rotatable bonds is 6. The van der Waals surface area contributed by atoms with E-state index in [0.717, 1.165) is 18.4 Å². The fraction of sp³-hybridized carbons (Fsp3) is 0.381. The monoisotopic (exact) mass is 451 g/mol. The molecule has 2 aliphatic rings. The van der Waals surface area contributed by atoms with Gasteiger partial charge in [-0.3, -0.25) is 9.69 Å². The van der Waals surface area contributed by atoms with Crippen LogP contribution in [-0.2, 0) is 27.8 Å². The summed E-state index contributed by atoms with van der Waals surface area (Å²) in [5.41, 5.74) is 1.86. The van der Waals surface area contributed by atoms with Crippen molar-refractivity contribution in [2.75, 3.05) is 11.4 Å². The Kier molecular flexibility index (Phi) is 5.61. The van der Waals surface area contributed by atoms with E-state index in [1.54, 1.807) is 23.1 Å². The predicted octanol–water partition coefficient (Wildman–Crippen LogP) is 3.07. The molecule has 0 saturated heterocycles. The van der Waals surface area contributed by atoms with Crippen LogP contribution in [0.4, 0.5) is 10.1 Å². The first-order valence-corrected chi connectivity index (χ1v) is 11.7. The van der Waals surface area contributed by atoms with Crippen LogP contribution in [0.3, 0.4) is 0 Å². The average molecular weight is 452 g/mol. The number of amides is 1. The molecule has 1 unspecified atom stereocenters. The second-order valence-electron chi connectivity index (χ2n) is 7.99. The Morgan fingerprint density at radius 2 is 2.03 bits per heavy atom. The molecule has 30 heavy (non-hydrogen) atoms. The number of carbonyl (C=O) groups is 1. The molecule has 9 heteroatoms. The van der Waals surface area contributed by atoms with Gasteiger partial charge in [0.25, 0.3) is 0 Å². The Morgan fingerprint density at radius 3 is 2.67 bits per heavy atom. The molecule has 0 bridgehead atoms. The Balaban J connectivity index is 1.56. The first-order chi connectivity index (χ1) is 14.1. The fourth-order valence-corrected chi connectivity index (χ4v) is 4.84. The molecule has 0 radical (unpaired) electrons. The summed E-state index contributed by atoms with van der Waals surface area (Å²) in [5.74, 6) is -0.486. The first-order valence-electron chi connectivity index (χ1n) is 9.80. The summed E-state index contributed by atoms with van der Waals surface area (Å²) in [7, 11) is -3.80. The maximum Gasteiger partial charge on any atom is 0.241 e. The summed E-state index contributed by atoms with van der Waals surface area (Å²) in [6, 6.07) is 9.28. The largest absolute Gasteiger partial charge is 0.308 e. The van der Waals surface area contributed by atoms with Crippen molar-refractivity contribution in [3.05, 3.63) is 58.4 Å². The molecule has 1 atom stereocenters. The molecule has 6 nitrogen and oxygen atoms in total. The van der Waals surface area contributed by atoms with E-state index in [9.17, 15) is 17.6 Å². The van der Waals surface area contributed by atoms with Crippen molar-refractivity contribution in [1.29, 1.82) is 0 Å². The van der Waals surface area contributed by atoms with Gasteiger partial charge >= 0.3 is 0 Å². The third-order valence-corrected chi connectivity index (χ3v) is 6.95. The van der Waals surface area contributed by atoms with E-state index in [-0.39, 0.29) is 41.8 Å². The Labute approximate surface area is 180 Å². The molecule has 1 aliphatic carbocycles. The van der Waals surface area contributed by atoms with Gasteiger partial charge in [0, 0.05) is 34.9 Å². The van der Waals surface area contributed by atoms with E-state index in [4.69, 9.17) is 16.7 Å². The molecule has 1 amide bonds. The van der Waals surface area contributed by atoms with Gasteiger partial charge in [-0.2, -0.15) is 0 Å². The van der Waals surface area contributed by atoms with Gasteiger partial charge in [0.15, 0.2) is 0 Å². The van der Waals surface area contributed by atoms with Crippen molar-refractivity contribution in [1.82, 2.24) is 4.90 Å². The van der Waals surface area contributed by atoms with E-state index in [0.29, 0.717) is 22.7 Å². The Bertz CT molecular complexity index is 1080. The quantitative estimate of drug-likeness (QED) is 0.731. The van der Waals surface area contributed by atoms with E-state index in [1.165, 1.54) is 18.2 Å². The Hall–Kier alpha value is -2.00. The van der Waals surface area contributed by atoms with Crippen molar-refractivity contribution in [3.8, 4) is 0 Å². The van der Waals surface area contributed by atoms with Crippen LogP contribution in [0.5, 0.6) is 0 Å². The van der Waals surface area contributed by atoms with Gasteiger partial charge in [-0.05, 0) is 62.1 Å². The smallest absolute Gasteiger partial charge is 0.241 e. The highest BCUT2D eigenvalue weighted by Crippen LogP contribution is 2.35. The highest BCUT2D eigenvalue weighted by Gasteiger charge is 2.36. The minimum Gasteiger partial charge on any atom is -0.308 e. The van der Waals surface area contributed by atoms with Crippen LogP contribution in [0.25, 0.3) is 0 Å². The number of hydrogen-bond donors (Lipinski definition) is 1. The number of carbonyl (C=O) groups excluding carboxylic acids is 1. The number of sulfonamides is 1. The summed E-state index contributed by atoms with van der Waals surface area (Å²) in [5, 5.41) is 5.58. The number of nitrogens with two attached hydrogens (primary N) is 1. The SMILES string of the molecule is CC1Cc2cc(S(N)(=O)=O)ccc2N1C(=O)CN(Cc1c(F)cccc1Cl)C1CC1. The molecule has 4 rings (SSSR count). The van der Waals surface area contributed by atoms with E-state index in [1.807, 2.05) is 11.8 Å². The zero-order chi connectivity index (χ0) is 21.6. The van der Waals surface area contributed by atoms with Gasteiger partial charge in [0.1, 0.15) is 5.82 Å². The minimum atomic E-state index is -3.80. The maximum absolute atomic E-state index is 14.3. The molecule has 1 fully saturated rings. The molecule has 1 heterocycles. The molecular weight excluding hydrogens is 429 g/mol. The lowest BCUT2D eigenvalue weighted by molar-refractivity contribution is -0.120. The number of primary sulfonamides is 1. The lowest BCUT2D eigenvalue weighted by Gasteiger charge is -2.28. The summed E-state index contributed by atoms with van der Waals surface area (Å²) in [6.07, 6.45) is 2.47. The van der Waals surface area contributed by atoms with Crippen molar-refractivity contribution in [2.45, 2.75) is 49.7 Å². The van der Waals surface area contributed by atoms with Crippen molar-refractivity contribution in [3.63, 3.8) is 0 Å². The van der Waals surface area contributed by atoms with Crippen LogP contribution < -0.4 is 10.0 Å². The molecule has 160 valence electrons. The number of nitrogens with zero attached hydrogens (tertiary/aromatic N) is 2. The predicted molar refractivity (Wildman–Crippen MR) is 113 cm³/mol. The number of halogens is 2. The lowest BCUT2D eigenvalue weighted by Crippen LogP contribution is -2.43. The van der Waals surface area contributed by atoms with Crippen molar-refractivity contribution in [2.24, 2.45) is 5.14 Å². The fourth-order valence-electron chi connectivity index (χ4n) is 4.05. The minimum absolute atomic E-state index is 0.0385. The third kappa shape index (κ3) is 4.23. The summed E-state index contributed by atoms with van der Waals surface area (Å²) in [4.78, 5) is 16.9. The van der Waals surface area contributed by atoms with Crippen molar-refractivity contribution >= 4 is 33.2 Å². The second-order valence-corrected chi connectivity index (χ2v) is 9.96. The number of hydrogen-bond acceptors (Lipinski definition) is 4. The van der Waals surface area contributed by atoms with Gasteiger partial charge < -0.3 is 4.90 Å². The van der Waals surface area contributed by atoms with Crippen LogP contribution in [-0.4, -0.2) is 37.9 Å². The zero-order valence-electron chi connectivity index (χ0n) is 16.5. The van der Waals surface area contributed by atoms with Crippen LogP contribution in [0.1, 0.15) is 30.9 Å². The standard InChI is InChI=1S/C21H23ClFN3O3S/c1-13-9-14-10-16(30(24,28)29)7-8-20(14)26(13)21(27)12-25(15-5-6-15)11-17-18(22)3-2-4-19(17)23/h2-4,7-8,10,13,15H,5-6,9,11-12H2,1H3,(H2,24,28,29). The van der Waals surface area contributed by atoms with Crippen LogP contribution in [0.15, 0.2) is 41.3 Å². The number of benzene rings is 2. The molecule has 2 aromatic rings. The Morgan fingerprint density at radius 1 is 1.30 bits per heavy atom. The van der Waals surface area contributed by atoms with Crippen molar-refractivity contribution < 1.29 is 17.6 Å². The summed E-state index contributed by atoms with van der Waals surface area (Å²) < 4.78 is 37.5. The van der Waals surface area contributed by atoms with Crippen LogP contribution in [0, 0.1) is 5.82 Å². The molecule has 2 aromatic carbocycles. The van der Waals surface area contributed by atoms with Gasteiger partial charge in [0.05, 0.1) is 11.4 Å². The first kappa shape index (κ1) is 21.2. The average Bonchev–Trinajstić information content (AvgIpc) is 3.44.